The van der Waals surface area contributed by atoms with E-state index in [1.807, 2.05) is 13.0 Å². The Hall–Kier alpha value is -1.26. The van der Waals surface area contributed by atoms with E-state index in [2.05, 4.69) is 5.32 Å². The predicted octanol–water partition coefficient (Wildman–Crippen LogP) is 0.796. The average molecular weight is 209 g/mol. The van der Waals surface area contributed by atoms with Crippen molar-refractivity contribution in [3.63, 3.8) is 0 Å². The molecule has 0 amide bonds. The molecule has 2 rings (SSSR count). The van der Waals surface area contributed by atoms with Gasteiger partial charge < -0.3 is 20.3 Å². The minimum atomic E-state index is 0.0401. The van der Waals surface area contributed by atoms with Gasteiger partial charge in [-0.3, -0.25) is 0 Å². The molecule has 1 aliphatic heterocycles. The third-order valence-electron chi connectivity index (χ3n) is 2.54. The number of rotatable bonds is 3. The second kappa shape index (κ2) is 4.08. The van der Waals surface area contributed by atoms with E-state index < -0.39 is 0 Å². The average Bonchev–Trinajstić information content (AvgIpc) is 2.60. The number of phenols is 1. The summed E-state index contributed by atoms with van der Waals surface area (Å²) in [7, 11) is 0. The summed E-state index contributed by atoms with van der Waals surface area (Å²) in [6.07, 6.45) is 0. The Labute approximate surface area is 88.5 Å². The molecule has 0 spiro atoms. The van der Waals surface area contributed by atoms with Crippen LogP contribution in [0.25, 0.3) is 0 Å². The van der Waals surface area contributed by atoms with E-state index in [1.54, 1.807) is 12.1 Å². The number of benzene rings is 1. The lowest BCUT2D eigenvalue weighted by atomic mass is 10.1. The molecule has 0 saturated heterocycles. The topological polar surface area (TPSA) is 61.7 Å². The summed E-state index contributed by atoms with van der Waals surface area (Å²) >= 11 is 0. The number of hydrogen-bond acceptors (Lipinski definition) is 4. The molecule has 3 N–H and O–H groups in total. The van der Waals surface area contributed by atoms with Crippen LogP contribution in [0.1, 0.15) is 18.5 Å². The standard InChI is InChI=1S/C11H15NO3/c1-7(5-13)12-10-6-15-11-4-8(14)2-3-9(10)11/h2-4,7,10,12-14H,5-6H2,1H3/t7-,10?/m1/s1. The summed E-state index contributed by atoms with van der Waals surface area (Å²) < 4.78 is 5.43. The van der Waals surface area contributed by atoms with Gasteiger partial charge in [0.15, 0.2) is 0 Å². The lowest BCUT2D eigenvalue weighted by molar-refractivity contribution is 0.227. The molecule has 0 fully saturated rings. The minimum absolute atomic E-state index is 0.0401. The Morgan fingerprint density at radius 3 is 3.13 bits per heavy atom. The first kappa shape index (κ1) is 10.3. The van der Waals surface area contributed by atoms with E-state index in [1.165, 1.54) is 0 Å². The predicted molar refractivity (Wildman–Crippen MR) is 56.0 cm³/mol. The molecule has 0 aliphatic carbocycles. The van der Waals surface area contributed by atoms with Gasteiger partial charge in [-0.05, 0) is 19.1 Å². The summed E-state index contributed by atoms with van der Waals surface area (Å²) in [6, 6.07) is 5.24. The second-order valence-corrected chi connectivity index (χ2v) is 3.84. The molecule has 1 heterocycles. The van der Waals surface area contributed by atoms with Crippen molar-refractivity contribution in [1.29, 1.82) is 0 Å². The van der Waals surface area contributed by atoms with Crippen LogP contribution < -0.4 is 10.1 Å². The third-order valence-corrected chi connectivity index (χ3v) is 2.54. The van der Waals surface area contributed by atoms with E-state index in [4.69, 9.17) is 9.84 Å². The Kier molecular flexibility index (Phi) is 2.79. The molecule has 0 aromatic heterocycles. The van der Waals surface area contributed by atoms with E-state index in [-0.39, 0.29) is 24.4 Å². The van der Waals surface area contributed by atoms with Gasteiger partial charge >= 0.3 is 0 Å². The Bertz CT molecular complexity index is 354. The Morgan fingerprint density at radius 2 is 2.40 bits per heavy atom. The zero-order chi connectivity index (χ0) is 10.8. The monoisotopic (exact) mass is 209 g/mol. The molecule has 15 heavy (non-hydrogen) atoms. The van der Waals surface area contributed by atoms with Gasteiger partial charge in [0.25, 0.3) is 0 Å². The SMILES string of the molecule is C[C@H](CO)NC1COc2cc(O)ccc21. The van der Waals surface area contributed by atoms with Crippen LogP contribution in [0.15, 0.2) is 18.2 Å². The Balaban J connectivity index is 2.14. The number of aliphatic hydroxyl groups is 1. The molecule has 1 aromatic rings. The van der Waals surface area contributed by atoms with Crippen LogP contribution in [0, 0.1) is 0 Å². The van der Waals surface area contributed by atoms with Crippen LogP contribution >= 0.6 is 0 Å². The molecular weight excluding hydrogens is 194 g/mol. The van der Waals surface area contributed by atoms with Crippen LogP contribution in [0.3, 0.4) is 0 Å². The van der Waals surface area contributed by atoms with E-state index in [9.17, 15) is 5.11 Å². The first-order valence-electron chi connectivity index (χ1n) is 5.03. The highest BCUT2D eigenvalue weighted by Crippen LogP contribution is 2.34. The van der Waals surface area contributed by atoms with E-state index in [0.29, 0.717) is 6.61 Å². The van der Waals surface area contributed by atoms with Crippen LogP contribution in [0.2, 0.25) is 0 Å². The molecule has 82 valence electrons. The molecular formula is C11H15NO3. The quantitative estimate of drug-likeness (QED) is 0.689. The summed E-state index contributed by atoms with van der Waals surface area (Å²) in [4.78, 5) is 0. The fourth-order valence-electron chi connectivity index (χ4n) is 1.73. The molecule has 1 aliphatic rings. The third kappa shape index (κ3) is 2.06. The van der Waals surface area contributed by atoms with Crippen molar-refractivity contribution in [2.24, 2.45) is 0 Å². The molecule has 1 unspecified atom stereocenters. The van der Waals surface area contributed by atoms with Crippen molar-refractivity contribution in [3.8, 4) is 11.5 Å². The number of phenolic OH excluding ortho intramolecular Hbond substituents is 1. The minimum Gasteiger partial charge on any atom is -0.508 e. The van der Waals surface area contributed by atoms with Crippen molar-refractivity contribution in [2.75, 3.05) is 13.2 Å². The van der Waals surface area contributed by atoms with Gasteiger partial charge in [-0.15, -0.1) is 0 Å². The zero-order valence-electron chi connectivity index (χ0n) is 8.60. The second-order valence-electron chi connectivity index (χ2n) is 3.84. The summed E-state index contributed by atoms with van der Waals surface area (Å²) in [5.41, 5.74) is 1.04. The lowest BCUT2D eigenvalue weighted by Crippen LogP contribution is -2.33. The molecule has 4 nitrogen and oxygen atoms in total. The van der Waals surface area contributed by atoms with Gasteiger partial charge in [0, 0.05) is 17.7 Å². The molecule has 0 bridgehead atoms. The van der Waals surface area contributed by atoms with Crippen LogP contribution in [-0.2, 0) is 0 Å². The number of aromatic hydroxyl groups is 1. The number of aliphatic hydroxyl groups excluding tert-OH is 1. The largest absolute Gasteiger partial charge is 0.508 e. The van der Waals surface area contributed by atoms with Gasteiger partial charge in [-0.25, -0.2) is 0 Å². The molecule has 0 radical (unpaired) electrons. The van der Waals surface area contributed by atoms with Crippen molar-refractivity contribution < 1.29 is 14.9 Å². The fraction of sp³-hybridized carbons (Fsp3) is 0.455. The highest BCUT2D eigenvalue weighted by Gasteiger charge is 2.25. The maximum atomic E-state index is 9.27. The highest BCUT2D eigenvalue weighted by atomic mass is 16.5. The van der Waals surface area contributed by atoms with Crippen molar-refractivity contribution in [1.82, 2.24) is 5.32 Å². The maximum absolute atomic E-state index is 9.27. The zero-order valence-corrected chi connectivity index (χ0v) is 8.60. The normalized spacial score (nSPS) is 20.8. The van der Waals surface area contributed by atoms with Gasteiger partial charge in [0.2, 0.25) is 0 Å². The van der Waals surface area contributed by atoms with E-state index >= 15 is 0 Å². The van der Waals surface area contributed by atoms with Crippen molar-refractivity contribution in [3.05, 3.63) is 23.8 Å². The smallest absolute Gasteiger partial charge is 0.127 e. The first-order chi connectivity index (χ1) is 7.20. The van der Waals surface area contributed by atoms with Gasteiger partial charge in [-0.1, -0.05) is 0 Å². The summed E-state index contributed by atoms with van der Waals surface area (Å²) in [5.74, 6) is 0.933. The number of hydrogen-bond donors (Lipinski definition) is 3. The van der Waals surface area contributed by atoms with Crippen LogP contribution in [-0.4, -0.2) is 29.5 Å². The summed E-state index contributed by atoms with van der Waals surface area (Å²) in [5, 5.41) is 21.5. The van der Waals surface area contributed by atoms with Crippen molar-refractivity contribution >= 4 is 0 Å². The van der Waals surface area contributed by atoms with Crippen LogP contribution in [0.5, 0.6) is 11.5 Å². The number of fused-ring (bicyclic) bond motifs is 1. The van der Waals surface area contributed by atoms with Gasteiger partial charge in [0.05, 0.1) is 12.6 Å². The van der Waals surface area contributed by atoms with Crippen molar-refractivity contribution in [2.45, 2.75) is 19.0 Å². The Morgan fingerprint density at radius 1 is 1.60 bits per heavy atom. The molecule has 1 aromatic carbocycles. The van der Waals surface area contributed by atoms with E-state index in [0.717, 1.165) is 11.3 Å². The lowest BCUT2D eigenvalue weighted by Gasteiger charge is -2.16. The number of ether oxygens (including phenoxy) is 1. The molecule has 2 atom stereocenters. The van der Waals surface area contributed by atoms with Gasteiger partial charge in [-0.2, -0.15) is 0 Å². The van der Waals surface area contributed by atoms with Crippen LogP contribution in [0.4, 0.5) is 0 Å². The van der Waals surface area contributed by atoms with Gasteiger partial charge in [0.1, 0.15) is 18.1 Å². The molecule has 4 heteroatoms. The highest BCUT2D eigenvalue weighted by molar-refractivity contribution is 5.44. The molecule has 0 saturated carbocycles. The number of nitrogens with one attached hydrogen (secondary N) is 1. The summed E-state index contributed by atoms with van der Waals surface area (Å²) in [6.45, 7) is 2.56. The fourth-order valence-corrected chi connectivity index (χ4v) is 1.73. The first-order valence-corrected chi connectivity index (χ1v) is 5.03. The maximum Gasteiger partial charge on any atom is 0.127 e.